The molecule has 1 aromatic carbocycles. The number of halogens is 1. The van der Waals surface area contributed by atoms with Crippen LogP contribution in [0.4, 0.5) is 0 Å². The van der Waals surface area contributed by atoms with Gasteiger partial charge in [0, 0.05) is 16.8 Å². The number of ether oxygens (including phenoxy) is 1. The SMILES string of the molecule is O=C1OCCn2c1c(-c1ccc(Cl)cc1)c1ncccc12. The number of pyridine rings is 1. The number of fused-ring (bicyclic) bond motifs is 3. The summed E-state index contributed by atoms with van der Waals surface area (Å²) in [5, 5.41) is 0.659. The van der Waals surface area contributed by atoms with Crippen molar-refractivity contribution in [2.45, 2.75) is 6.54 Å². The van der Waals surface area contributed by atoms with Gasteiger partial charge >= 0.3 is 5.97 Å². The monoisotopic (exact) mass is 298 g/mol. The van der Waals surface area contributed by atoms with E-state index in [1.54, 1.807) is 6.20 Å². The molecular formula is C16H11ClN2O2. The summed E-state index contributed by atoms with van der Waals surface area (Å²) < 4.78 is 7.19. The van der Waals surface area contributed by atoms with Crippen LogP contribution in [0.15, 0.2) is 42.6 Å². The lowest BCUT2D eigenvalue weighted by Gasteiger charge is -2.16. The van der Waals surface area contributed by atoms with Crippen molar-refractivity contribution in [2.75, 3.05) is 6.61 Å². The van der Waals surface area contributed by atoms with E-state index in [2.05, 4.69) is 4.98 Å². The summed E-state index contributed by atoms with van der Waals surface area (Å²) in [6.45, 7) is 1.04. The predicted molar refractivity (Wildman–Crippen MR) is 80.5 cm³/mol. The molecule has 0 aliphatic carbocycles. The first kappa shape index (κ1) is 12.4. The van der Waals surface area contributed by atoms with Crippen LogP contribution in [0.2, 0.25) is 5.02 Å². The van der Waals surface area contributed by atoms with E-state index < -0.39 is 0 Å². The number of hydrogen-bond acceptors (Lipinski definition) is 3. The highest BCUT2D eigenvalue weighted by Gasteiger charge is 2.28. The van der Waals surface area contributed by atoms with Crippen LogP contribution in [-0.2, 0) is 11.3 Å². The van der Waals surface area contributed by atoms with Crippen LogP contribution in [0.1, 0.15) is 10.5 Å². The Labute approximate surface area is 125 Å². The Morgan fingerprint density at radius 3 is 2.81 bits per heavy atom. The van der Waals surface area contributed by atoms with Gasteiger partial charge in [0.2, 0.25) is 0 Å². The minimum absolute atomic E-state index is 0.302. The molecule has 3 heterocycles. The second-order valence-corrected chi connectivity index (χ2v) is 5.33. The zero-order valence-electron chi connectivity index (χ0n) is 11.0. The first-order chi connectivity index (χ1) is 10.3. The Morgan fingerprint density at radius 2 is 2.00 bits per heavy atom. The standard InChI is InChI=1S/C16H11ClN2O2/c17-11-5-3-10(4-6-11)13-14-12(2-1-7-18-14)19-8-9-21-16(20)15(13)19/h1-7H,8-9H2. The molecule has 0 N–H and O–H groups in total. The molecule has 0 saturated carbocycles. The Morgan fingerprint density at radius 1 is 1.19 bits per heavy atom. The number of esters is 1. The van der Waals surface area contributed by atoms with Crippen molar-refractivity contribution in [3.05, 3.63) is 53.3 Å². The molecular weight excluding hydrogens is 288 g/mol. The molecule has 5 heteroatoms. The summed E-state index contributed by atoms with van der Waals surface area (Å²) in [7, 11) is 0. The number of aromatic nitrogens is 2. The van der Waals surface area contributed by atoms with Gasteiger partial charge in [0.25, 0.3) is 0 Å². The molecule has 1 aliphatic rings. The summed E-state index contributed by atoms with van der Waals surface area (Å²) in [6.07, 6.45) is 1.74. The highest BCUT2D eigenvalue weighted by Crippen LogP contribution is 2.35. The summed E-state index contributed by atoms with van der Waals surface area (Å²) >= 11 is 5.95. The van der Waals surface area contributed by atoms with E-state index in [-0.39, 0.29) is 5.97 Å². The summed E-state index contributed by atoms with van der Waals surface area (Å²) in [5.74, 6) is -0.302. The highest BCUT2D eigenvalue weighted by atomic mass is 35.5. The largest absolute Gasteiger partial charge is 0.459 e. The van der Waals surface area contributed by atoms with Crippen molar-refractivity contribution in [2.24, 2.45) is 0 Å². The summed E-state index contributed by atoms with van der Waals surface area (Å²) in [6, 6.07) is 11.3. The Balaban J connectivity index is 2.10. The van der Waals surface area contributed by atoms with E-state index in [9.17, 15) is 4.79 Å². The van der Waals surface area contributed by atoms with Crippen LogP contribution in [0.3, 0.4) is 0 Å². The Hall–Kier alpha value is -2.33. The molecule has 1 aliphatic heterocycles. The molecule has 0 saturated heterocycles. The first-order valence-electron chi connectivity index (χ1n) is 6.66. The first-order valence-corrected chi connectivity index (χ1v) is 7.04. The fourth-order valence-electron chi connectivity index (χ4n) is 2.81. The van der Waals surface area contributed by atoms with Gasteiger partial charge in [-0.1, -0.05) is 23.7 Å². The maximum Gasteiger partial charge on any atom is 0.355 e. The second-order valence-electron chi connectivity index (χ2n) is 4.89. The van der Waals surface area contributed by atoms with Crippen molar-refractivity contribution in [3.63, 3.8) is 0 Å². The summed E-state index contributed by atoms with van der Waals surface area (Å²) in [4.78, 5) is 16.7. The fourth-order valence-corrected chi connectivity index (χ4v) is 2.93. The molecule has 0 atom stereocenters. The fraction of sp³-hybridized carbons (Fsp3) is 0.125. The third-order valence-corrected chi connectivity index (χ3v) is 3.95. The van der Waals surface area contributed by atoms with Gasteiger partial charge in [0.1, 0.15) is 12.3 Å². The molecule has 3 aromatic rings. The van der Waals surface area contributed by atoms with Crippen LogP contribution >= 0.6 is 11.6 Å². The lowest BCUT2D eigenvalue weighted by Crippen LogP contribution is -2.22. The second kappa shape index (κ2) is 4.60. The van der Waals surface area contributed by atoms with Crippen LogP contribution in [0, 0.1) is 0 Å². The van der Waals surface area contributed by atoms with Gasteiger partial charge in [-0.25, -0.2) is 4.79 Å². The third-order valence-electron chi connectivity index (χ3n) is 3.70. The molecule has 0 bridgehead atoms. The lowest BCUT2D eigenvalue weighted by atomic mass is 10.0. The minimum Gasteiger partial charge on any atom is -0.459 e. The van der Waals surface area contributed by atoms with E-state index in [0.29, 0.717) is 23.9 Å². The van der Waals surface area contributed by atoms with Gasteiger partial charge in [0.15, 0.2) is 0 Å². The van der Waals surface area contributed by atoms with E-state index >= 15 is 0 Å². The number of nitrogens with zero attached hydrogens (tertiary/aromatic N) is 2. The number of rotatable bonds is 1. The van der Waals surface area contributed by atoms with Crippen molar-refractivity contribution in [3.8, 4) is 11.1 Å². The van der Waals surface area contributed by atoms with E-state index in [1.807, 2.05) is 41.0 Å². The topological polar surface area (TPSA) is 44.1 Å². The lowest BCUT2D eigenvalue weighted by molar-refractivity contribution is 0.0427. The number of carbonyl (C=O) groups excluding carboxylic acids is 1. The number of carbonyl (C=O) groups is 1. The Bertz CT molecular complexity index is 853. The van der Waals surface area contributed by atoms with Gasteiger partial charge in [0.05, 0.1) is 17.6 Å². The molecule has 4 nitrogen and oxygen atoms in total. The number of hydrogen-bond donors (Lipinski definition) is 0. The van der Waals surface area contributed by atoms with Gasteiger partial charge < -0.3 is 9.30 Å². The van der Waals surface area contributed by atoms with E-state index in [4.69, 9.17) is 16.3 Å². The van der Waals surface area contributed by atoms with E-state index in [1.165, 1.54) is 0 Å². The van der Waals surface area contributed by atoms with Gasteiger partial charge in [-0.05, 0) is 29.8 Å². The van der Waals surface area contributed by atoms with E-state index in [0.717, 1.165) is 22.2 Å². The van der Waals surface area contributed by atoms with Crippen LogP contribution in [-0.4, -0.2) is 22.1 Å². The zero-order chi connectivity index (χ0) is 14.4. The van der Waals surface area contributed by atoms with Gasteiger partial charge in [-0.2, -0.15) is 0 Å². The van der Waals surface area contributed by atoms with Crippen molar-refractivity contribution in [1.29, 1.82) is 0 Å². The van der Waals surface area contributed by atoms with Crippen molar-refractivity contribution in [1.82, 2.24) is 9.55 Å². The minimum atomic E-state index is -0.302. The van der Waals surface area contributed by atoms with Crippen LogP contribution in [0.25, 0.3) is 22.2 Å². The van der Waals surface area contributed by atoms with Crippen LogP contribution in [0.5, 0.6) is 0 Å². The maximum absolute atomic E-state index is 12.2. The molecule has 104 valence electrons. The molecule has 0 spiro atoms. The average molecular weight is 299 g/mol. The van der Waals surface area contributed by atoms with Crippen LogP contribution < -0.4 is 0 Å². The van der Waals surface area contributed by atoms with Gasteiger partial charge in [-0.15, -0.1) is 0 Å². The molecule has 21 heavy (non-hydrogen) atoms. The highest BCUT2D eigenvalue weighted by molar-refractivity contribution is 6.30. The Kier molecular flexibility index (Phi) is 2.72. The molecule has 4 rings (SSSR count). The maximum atomic E-state index is 12.2. The third kappa shape index (κ3) is 1.83. The quantitative estimate of drug-likeness (QED) is 0.646. The van der Waals surface area contributed by atoms with Crippen molar-refractivity contribution >= 4 is 28.6 Å². The molecule has 0 amide bonds. The zero-order valence-corrected chi connectivity index (χ0v) is 11.8. The predicted octanol–water partition coefficient (Wildman–Crippen LogP) is 3.53. The molecule has 0 fully saturated rings. The number of benzene rings is 1. The molecule has 0 unspecified atom stereocenters. The van der Waals surface area contributed by atoms with Gasteiger partial charge in [-0.3, -0.25) is 4.98 Å². The molecule has 2 aromatic heterocycles. The smallest absolute Gasteiger partial charge is 0.355 e. The average Bonchev–Trinajstić information content (AvgIpc) is 2.84. The number of cyclic esters (lactones) is 1. The normalized spacial score (nSPS) is 14.0. The van der Waals surface area contributed by atoms with Crippen molar-refractivity contribution < 1.29 is 9.53 Å². The summed E-state index contributed by atoms with van der Waals surface area (Å²) in [5.41, 5.74) is 4.06. The molecule has 0 radical (unpaired) electrons.